The molecule has 25 heavy (non-hydrogen) atoms. The Labute approximate surface area is 150 Å². The average molecular weight is 343 g/mol. The average Bonchev–Trinajstić information content (AvgIpc) is 3.28. The Morgan fingerprint density at radius 3 is 2.40 bits per heavy atom. The standard InChI is InChI=1S/C20H29N3O2/c1-15-6-5-7-16(2)20(15)21-18(24)14-23(17-8-9-17)13-10-19(25)22-11-3-4-12-22/h5-7,17H,3-4,8-14H2,1-2H3,(H,21,24). The van der Waals surface area contributed by atoms with E-state index >= 15 is 0 Å². The molecule has 1 saturated carbocycles. The molecule has 1 aromatic rings. The van der Waals surface area contributed by atoms with Gasteiger partial charge in [0.15, 0.2) is 0 Å². The molecule has 1 aromatic carbocycles. The molecular formula is C20H29N3O2. The summed E-state index contributed by atoms with van der Waals surface area (Å²) in [7, 11) is 0. The number of aryl methyl sites for hydroxylation is 2. The summed E-state index contributed by atoms with van der Waals surface area (Å²) >= 11 is 0. The van der Waals surface area contributed by atoms with Crippen molar-refractivity contribution in [2.75, 3.05) is 31.5 Å². The van der Waals surface area contributed by atoms with E-state index in [2.05, 4.69) is 10.2 Å². The van der Waals surface area contributed by atoms with Gasteiger partial charge in [-0.1, -0.05) is 18.2 Å². The lowest BCUT2D eigenvalue weighted by Gasteiger charge is -2.23. The number of nitrogens with one attached hydrogen (secondary N) is 1. The molecule has 1 saturated heterocycles. The number of anilines is 1. The largest absolute Gasteiger partial charge is 0.343 e. The number of carbonyl (C=O) groups is 2. The van der Waals surface area contributed by atoms with E-state index in [1.165, 1.54) is 0 Å². The summed E-state index contributed by atoms with van der Waals surface area (Å²) in [5.74, 6) is 0.247. The van der Waals surface area contributed by atoms with Crippen molar-refractivity contribution in [2.45, 2.75) is 52.0 Å². The number of hydrogen-bond acceptors (Lipinski definition) is 3. The summed E-state index contributed by atoms with van der Waals surface area (Å²) in [6, 6.07) is 6.49. The summed E-state index contributed by atoms with van der Waals surface area (Å²) in [4.78, 5) is 28.9. The normalized spacial score (nSPS) is 17.2. The minimum Gasteiger partial charge on any atom is -0.343 e. The van der Waals surface area contributed by atoms with Gasteiger partial charge in [0, 0.05) is 37.8 Å². The van der Waals surface area contributed by atoms with Crippen LogP contribution < -0.4 is 5.32 Å². The zero-order chi connectivity index (χ0) is 17.8. The van der Waals surface area contributed by atoms with Crippen molar-refractivity contribution in [3.8, 4) is 0 Å². The molecule has 2 amide bonds. The Morgan fingerprint density at radius 1 is 1.16 bits per heavy atom. The first-order valence-corrected chi connectivity index (χ1v) is 9.42. The molecule has 0 atom stereocenters. The van der Waals surface area contributed by atoms with Crippen molar-refractivity contribution in [1.82, 2.24) is 9.80 Å². The van der Waals surface area contributed by atoms with Crippen LogP contribution in [0.25, 0.3) is 0 Å². The maximum atomic E-state index is 12.5. The number of benzene rings is 1. The summed E-state index contributed by atoms with van der Waals surface area (Å²) < 4.78 is 0. The van der Waals surface area contributed by atoms with Crippen LogP contribution in [0.1, 0.15) is 43.2 Å². The fraction of sp³-hybridized carbons (Fsp3) is 0.600. The zero-order valence-corrected chi connectivity index (χ0v) is 15.4. The molecule has 0 bridgehead atoms. The Hall–Kier alpha value is -1.88. The lowest BCUT2D eigenvalue weighted by Crippen LogP contribution is -2.38. The van der Waals surface area contributed by atoms with Gasteiger partial charge in [0.1, 0.15) is 0 Å². The van der Waals surface area contributed by atoms with Crippen LogP contribution in [0, 0.1) is 13.8 Å². The Kier molecular flexibility index (Phi) is 5.74. The molecule has 1 N–H and O–H groups in total. The first-order valence-electron chi connectivity index (χ1n) is 9.42. The van der Waals surface area contributed by atoms with Gasteiger partial charge in [-0.15, -0.1) is 0 Å². The number of hydrogen-bond donors (Lipinski definition) is 1. The van der Waals surface area contributed by atoms with E-state index in [1.54, 1.807) is 0 Å². The molecule has 1 aliphatic heterocycles. The molecule has 0 radical (unpaired) electrons. The Bertz CT molecular complexity index is 614. The SMILES string of the molecule is Cc1cccc(C)c1NC(=O)CN(CCC(=O)N1CCCC1)C1CC1. The summed E-state index contributed by atoms with van der Waals surface area (Å²) in [5.41, 5.74) is 3.07. The molecule has 0 aromatic heterocycles. The minimum atomic E-state index is 0.0120. The van der Waals surface area contributed by atoms with E-state index in [-0.39, 0.29) is 11.8 Å². The van der Waals surface area contributed by atoms with Crippen molar-refractivity contribution < 1.29 is 9.59 Å². The first kappa shape index (κ1) is 17.9. The molecule has 5 nitrogen and oxygen atoms in total. The van der Waals surface area contributed by atoms with Crippen LogP contribution >= 0.6 is 0 Å². The van der Waals surface area contributed by atoms with E-state index in [1.807, 2.05) is 36.9 Å². The number of amides is 2. The van der Waals surface area contributed by atoms with Crippen LogP contribution in [0.15, 0.2) is 18.2 Å². The Morgan fingerprint density at radius 2 is 1.80 bits per heavy atom. The molecule has 3 rings (SSSR count). The number of nitrogens with zero attached hydrogens (tertiary/aromatic N) is 2. The van der Waals surface area contributed by atoms with Crippen molar-refractivity contribution in [3.05, 3.63) is 29.3 Å². The molecule has 1 aliphatic carbocycles. The second-order valence-electron chi connectivity index (χ2n) is 7.35. The lowest BCUT2D eigenvalue weighted by molar-refractivity contribution is -0.131. The molecule has 2 aliphatic rings. The highest BCUT2D eigenvalue weighted by atomic mass is 16.2. The summed E-state index contributed by atoms with van der Waals surface area (Å²) in [6.45, 7) is 6.86. The molecular weight excluding hydrogens is 314 g/mol. The second-order valence-corrected chi connectivity index (χ2v) is 7.35. The van der Waals surface area contributed by atoms with Crippen LogP contribution in [0.4, 0.5) is 5.69 Å². The highest BCUT2D eigenvalue weighted by molar-refractivity contribution is 5.93. The predicted molar refractivity (Wildman–Crippen MR) is 99.6 cm³/mol. The van der Waals surface area contributed by atoms with E-state index < -0.39 is 0 Å². The maximum Gasteiger partial charge on any atom is 0.238 e. The fourth-order valence-corrected chi connectivity index (χ4v) is 3.57. The van der Waals surface area contributed by atoms with Crippen LogP contribution in [0.3, 0.4) is 0 Å². The number of para-hydroxylation sites is 1. The maximum absolute atomic E-state index is 12.5. The molecule has 1 heterocycles. The molecule has 5 heteroatoms. The third-order valence-corrected chi connectivity index (χ3v) is 5.23. The highest BCUT2D eigenvalue weighted by Crippen LogP contribution is 2.27. The number of rotatable bonds is 7. The smallest absolute Gasteiger partial charge is 0.238 e. The highest BCUT2D eigenvalue weighted by Gasteiger charge is 2.31. The van der Waals surface area contributed by atoms with Gasteiger partial charge in [-0.3, -0.25) is 14.5 Å². The van der Waals surface area contributed by atoms with Crippen LogP contribution in [-0.4, -0.2) is 53.8 Å². The van der Waals surface area contributed by atoms with Gasteiger partial charge in [0.05, 0.1) is 6.54 Å². The molecule has 2 fully saturated rings. The third kappa shape index (κ3) is 4.82. The van der Waals surface area contributed by atoms with Gasteiger partial charge in [-0.25, -0.2) is 0 Å². The fourth-order valence-electron chi connectivity index (χ4n) is 3.57. The van der Waals surface area contributed by atoms with E-state index in [0.717, 1.165) is 55.6 Å². The van der Waals surface area contributed by atoms with Gasteiger partial charge >= 0.3 is 0 Å². The Balaban J connectivity index is 1.53. The minimum absolute atomic E-state index is 0.0120. The van der Waals surface area contributed by atoms with Crippen molar-refractivity contribution in [2.24, 2.45) is 0 Å². The molecule has 136 valence electrons. The van der Waals surface area contributed by atoms with E-state index in [4.69, 9.17) is 0 Å². The lowest BCUT2D eigenvalue weighted by atomic mass is 10.1. The third-order valence-electron chi connectivity index (χ3n) is 5.23. The van der Waals surface area contributed by atoms with Crippen molar-refractivity contribution in [3.63, 3.8) is 0 Å². The van der Waals surface area contributed by atoms with Gasteiger partial charge in [0.2, 0.25) is 11.8 Å². The van der Waals surface area contributed by atoms with Gasteiger partial charge in [-0.05, 0) is 50.7 Å². The van der Waals surface area contributed by atoms with Crippen molar-refractivity contribution >= 4 is 17.5 Å². The monoisotopic (exact) mass is 343 g/mol. The number of carbonyl (C=O) groups excluding carboxylic acids is 2. The first-order chi connectivity index (χ1) is 12.0. The summed E-state index contributed by atoms with van der Waals surface area (Å²) in [6.07, 6.45) is 5.03. The zero-order valence-electron chi connectivity index (χ0n) is 15.4. The van der Waals surface area contributed by atoms with E-state index in [0.29, 0.717) is 25.6 Å². The number of likely N-dealkylation sites (tertiary alicyclic amines) is 1. The van der Waals surface area contributed by atoms with Gasteiger partial charge in [-0.2, -0.15) is 0 Å². The quantitative estimate of drug-likeness (QED) is 0.828. The second kappa shape index (κ2) is 8.00. The van der Waals surface area contributed by atoms with Crippen LogP contribution in [-0.2, 0) is 9.59 Å². The van der Waals surface area contributed by atoms with E-state index in [9.17, 15) is 9.59 Å². The van der Waals surface area contributed by atoms with Gasteiger partial charge in [0.25, 0.3) is 0 Å². The molecule has 0 spiro atoms. The predicted octanol–water partition coefficient (Wildman–Crippen LogP) is 2.72. The van der Waals surface area contributed by atoms with Crippen LogP contribution in [0.5, 0.6) is 0 Å². The topological polar surface area (TPSA) is 52.7 Å². The summed E-state index contributed by atoms with van der Waals surface area (Å²) in [5, 5.41) is 3.06. The van der Waals surface area contributed by atoms with Gasteiger partial charge < -0.3 is 10.2 Å². The molecule has 0 unspecified atom stereocenters. The van der Waals surface area contributed by atoms with Crippen molar-refractivity contribution in [1.29, 1.82) is 0 Å². The van der Waals surface area contributed by atoms with Crippen LogP contribution in [0.2, 0.25) is 0 Å².